The lowest BCUT2D eigenvalue weighted by atomic mass is 10.1. The summed E-state index contributed by atoms with van der Waals surface area (Å²) in [5.41, 5.74) is 2.61. The van der Waals surface area contributed by atoms with Crippen molar-refractivity contribution in [3.63, 3.8) is 0 Å². The van der Waals surface area contributed by atoms with Crippen LogP contribution in [-0.4, -0.2) is 19.6 Å². The van der Waals surface area contributed by atoms with Crippen LogP contribution in [0.4, 0.5) is 5.69 Å². The van der Waals surface area contributed by atoms with Crippen LogP contribution in [0.2, 0.25) is 5.02 Å². The quantitative estimate of drug-likeness (QED) is 0.848. The maximum Gasteiger partial charge on any atom is 0.0426 e. The van der Waals surface area contributed by atoms with Gasteiger partial charge < -0.3 is 10.2 Å². The van der Waals surface area contributed by atoms with Crippen LogP contribution in [0, 0.1) is 0 Å². The van der Waals surface area contributed by atoms with Gasteiger partial charge in [0.25, 0.3) is 0 Å². The molecule has 1 aliphatic rings. The summed E-state index contributed by atoms with van der Waals surface area (Å²) in [5.74, 6) is 0. The summed E-state index contributed by atoms with van der Waals surface area (Å²) in [5, 5.41) is 4.19. The molecule has 0 amide bonds. The van der Waals surface area contributed by atoms with E-state index in [0.717, 1.165) is 24.2 Å². The molecule has 0 heterocycles. The van der Waals surface area contributed by atoms with Crippen LogP contribution in [-0.2, 0) is 6.54 Å². The third kappa shape index (κ3) is 2.69. The maximum atomic E-state index is 6.07. The van der Waals surface area contributed by atoms with Crippen molar-refractivity contribution in [1.82, 2.24) is 5.32 Å². The summed E-state index contributed by atoms with van der Waals surface area (Å²) in [7, 11) is 2.17. The van der Waals surface area contributed by atoms with E-state index in [0.29, 0.717) is 0 Å². The Morgan fingerprint density at radius 2 is 2.19 bits per heavy atom. The van der Waals surface area contributed by atoms with Crippen molar-refractivity contribution in [2.75, 3.05) is 18.5 Å². The fourth-order valence-electron chi connectivity index (χ4n) is 1.93. The molecular weight excluding hydrogens is 220 g/mol. The summed E-state index contributed by atoms with van der Waals surface area (Å²) < 4.78 is 0. The molecule has 1 N–H and O–H groups in total. The van der Waals surface area contributed by atoms with E-state index in [9.17, 15) is 0 Å². The molecule has 0 saturated heterocycles. The molecule has 1 aromatic rings. The number of hydrogen-bond acceptors (Lipinski definition) is 2. The van der Waals surface area contributed by atoms with Crippen molar-refractivity contribution in [2.24, 2.45) is 0 Å². The molecule has 1 aromatic carbocycles. The fraction of sp³-hybridized carbons (Fsp3) is 0.538. The first kappa shape index (κ1) is 11.7. The van der Waals surface area contributed by atoms with E-state index in [1.807, 2.05) is 6.07 Å². The average Bonchev–Trinajstić information content (AvgIpc) is 3.10. The second kappa shape index (κ2) is 5.07. The largest absolute Gasteiger partial charge is 0.371 e. The number of rotatable bonds is 5. The van der Waals surface area contributed by atoms with Crippen molar-refractivity contribution < 1.29 is 0 Å². The van der Waals surface area contributed by atoms with Gasteiger partial charge in [-0.3, -0.25) is 0 Å². The summed E-state index contributed by atoms with van der Waals surface area (Å²) in [6, 6.07) is 6.89. The Hall–Kier alpha value is -0.730. The molecule has 0 aliphatic heterocycles. The molecule has 2 nitrogen and oxygen atoms in total. The standard InChI is InChI=1S/C13H19ClN2/c1-3-15-9-10-4-5-11(14)8-13(10)16(2)12-6-7-12/h4-5,8,12,15H,3,6-7,9H2,1-2H3. The topological polar surface area (TPSA) is 15.3 Å². The SMILES string of the molecule is CCNCc1ccc(Cl)cc1N(C)C1CC1. The van der Waals surface area contributed by atoms with Crippen LogP contribution >= 0.6 is 11.6 Å². The molecule has 0 spiro atoms. The minimum Gasteiger partial charge on any atom is -0.371 e. The van der Waals surface area contributed by atoms with Crippen molar-refractivity contribution in [2.45, 2.75) is 32.4 Å². The minimum atomic E-state index is 0.721. The first-order valence-electron chi connectivity index (χ1n) is 5.94. The number of nitrogens with zero attached hydrogens (tertiary/aromatic N) is 1. The van der Waals surface area contributed by atoms with Gasteiger partial charge >= 0.3 is 0 Å². The highest BCUT2D eigenvalue weighted by Crippen LogP contribution is 2.33. The Morgan fingerprint density at radius 1 is 1.44 bits per heavy atom. The van der Waals surface area contributed by atoms with Crippen molar-refractivity contribution in [3.8, 4) is 0 Å². The van der Waals surface area contributed by atoms with Crippen LogP contribution in [0.25, 0.3) is 0 Å². The molecule has 0 atom stereocenters. The summed E-state index contributed by atoms with van der Waals surface area (Å²) >= 11 is 6.07. The van der Waals surface area contributed by atoms with E-state index >= 15 is 0 Å². The third-order valence-electron chi connectivity index (χ3n) is 3.09. The van der Waals surface area contributed by atoms with Crippen LogP contribution in [0.1, 0.15) is 25.3 Å². The first-order valence-corrected chi connectivity index (χ1v) is 6.32. The lowest BCUT2D eigenvalue weighted by Crippen LogP contribution is -2.22. The van der Waals surface area contributed by atoms with E-state index in [1.54, 1.807) is 0 Å². The molecule has 0 radical (unpaired) electrons. The molecule has 0 unspecified atom stereocenters. The van der Waals surface area contributed by atoms with Gasteiger partial charge in [0.1, 0.15) is 0 Å². The second-order valence-electron chi connectivity index (χ2n) is 4.40. The van der Waals surface area contributed by atoms with Crippen molar-refractivity contribution in [3.05, 3.63) is 28.8 Å². The zero-order valence-corrected chi connectivity index (χ0v) is 10.7. The predicted octanol–water partition coefficient (Wildman–Crippen LogP) is 3.05. The van der Waals surface area contributed by atoms with Gasteiger partial charge in [-0.2, -0.15) is 0 Å². The Labute approximate surface area is 103 Å². The maximum absolute atomic E-state index is 6.07. The number of hydrogen-bond donors (Lipinski definition) is 1. The molecule has 3 heteroatoms. The third-order valence-corrected chi connectivity index (χ3v) is 3.32. The first-order chi connectivity index (χ1) is 7.72. The monoisotopic (exact) mass is 238 g/mol. The van der Waals surface area contributed by atoms with Gasteiger partial charge in [-0.1, -0.05) is 24.6 Å². The van der Waals surface area contributed by atoms with Gasteiger partial charge in [0.2, 0.25) is 0 Å². The van der Waals surface area contributed by atoms with Gasteiger partial charge in [-0.25, -0.2) is 0 Å². The second-order valence-corrected chi connectivity index (χ2v) is 4.83. The van der Waals surface area contributed by atoms with E-state index in [-0.39, 0.29) is 0 Å². The molecular formula is C13H19ClN2. The molecule has 0 bridgehead atoms. The summed E-state index contributed by atoms with van der Waals surface area (Å²) in [6.07, 6.45) is 2.62. The van der Waals surface area contributed by atoms with Gasteiger partial charge in [-0.15, -0.1) is 0 Å². The lowest BCUT2D eigenvalue weighted by Gasteiger charge is -2.22. The van der Waals surface area contributed by atoms with Crippen LogP contribution in [0.5, 0.6) is 0 Å². The molecule has 16 heavy (non-hydrogen) atoms. The van der Waals surface area contributed by atoms with Crippen LogP contribution in [0.3, 0.4) is 0 Å². The van der Waals surface area contributed by atoms with Crippen molar-refractivity contribution >= 4 is 17.3 Å². The normalized spacial score (nSPS) is 15.2. The van der Waals surface area contributed by atoms with E-state index in [2.05, 4.69) is 36.3 Å². The predicted molar refractivity (Wildman–Crippen MR) is 70.3 cm³/mol. The number of anilines is 1. The Balaban J connectivity index is 2.20. The molecule has 1 fully saturated rings. The highest BCUT2D eigenvalue weighted by molar-refractivity contribution is 6.30. The van der Waals surface area contributed by atoms with Crippen LogP contribution < -0.4 is 10.2 Å². The number of nitrogens with one attached hydrogen (secondary N) is 1. The molecule has 0 aromatic heterocycles. The average molecular weight is 239 g/mol. The number of benzene rings is 1. The minimum absolute atomic E-state index is 0.721. The molecule has 1 aliphatic carbocycles. The smallest absolute Gasteiger partial charge is 0.0426 e. The fourth-order valence-corrected chi connectivity index (χ4v) is 2.10. The highest BCUT2D eigenvalue weighted by Gasteiger charge is 2.27. The highest BCUT2D eigenvalue weighted by atomic mass is 35.5. The Kier molecular flexibility index (Phi) is 3.72. The van der Waals surface area contributed by atoms with Gasteiger partial charge in [0.05, 0.1) is 0 Å². The molecule has 88 valence electrons. The summed E-state index contributed by atoms with van der Waals surface area (Å²) in [6.45, 7) is 4.04. The van der Waals surface area contributed by atoms with E-state index in [1.165, 1.54) is 24.1 Å². The van der Waals surface area contributed by atoms with Crippen LogP contribution in [0.15, 0.2) is 18.2 Å². The van der Waals surface area contributed by atoms with E-state index in [4.69, 9.17) is 11.6 Å². The molecule has 2 rings (SSSR count). The van der Waals surface area contributed by atoms with Gasteiger partial charge in [0, 0.05) is 30.3 Å². The Morgan fingerprint density at radius 3 is 2.81 bits per heavy atom. The van der Waals surface area contributed by atoms with Crippen molar-refractivity contribution in [1.29, 1.82) is 0 Å². The lowest BCUT2D eigenvalue weighted by molar-refractivity contribution is 0.723. The zero-order valence-electron chi connectivity index (χ0n) is 9.96. The van der Waals surface area contributed by atoms with E-state index < -0.39 is 0 Å². The van der Waals surface area contributed by atoms with Gasteiger partial charge in [-0.05, 0) is 37.1 Å². The number of halogens is 1. The zero-order chi connectivity index (χ0) is 11.5. The Bertz CT molecular complexity index is 361. The summed E-state index contributed by atoms with van der Waals surface area (Å²) in [4.78, 5) is 2.36. The van der Waals surface area contributed by atoms with Gasteiger partial charge in [0.15, 0.2) is 0 Å². The molecule has 1 saturated carbocycles.